The monoisotopic (exact) mass is 187 g/mol. The number of rotatable bonds is 3. The summed E-state index contributed by atoms with van der Waals surface area (Å²) in [6.07, 6.45) is 2.95. The highest BCUT2D eigenvalue weighted by atomic mass is 14.5. The summed E-state index contributed by atoms with van der Waals surface area (Å²) in [7, 11) is 0. The molecule has 0 aliphatic heterocycles. The van der Waals surface area contributed by atoms with E-state index < -0.39 is 0 Å². The quantitative estimate of drug-likeness (QED) is 0.570. The van der Waals surface area contributed by atoms with Crippen molar-refractivity contribution in [3.05, 3.63) is 35.4 Å². The van der Waals surface area contributed by atoms with Gasteiger partial charge in [-0.3, -0.25) is 0 Å². The highest BCUT2D eigenvalue weighted by Gasteiger charge is 1.89. The summed E-state index contributed by atoms with van der Waals surface area (Å²) in [5.41, 5.74) is 7.84. The molecule has 74 valence electrons. The predicted octanol–water partition coefficient (Wildman–Crippen LogP) is 2.34. The fourth-order valence-electron chi connectivity index (χ4n) is 1.22. The van der Waals surface area contributed by atoms with Gasteiger partial charge in [0.2, 0.25) is 0 Å². The van der Waals surface area contributed by atoms with Crippen LogP contribution in [0.25, 0.3) is 0 Å². The third-order valence-corrected chi connectivity index (χ3v) is 2.07. The van der Waals surface area contributed by atoms with E-state index in [9.17, 15) is 0 Å². The zero-order valence-corrected chi connectivity index (χ0v) is 8.72. The van der Waals surface area contributed by atoms with Crippen molar-refractivity contribution in [2.24, 2.45) is 5.73 Å². The Hall–Kier alpha value is -1.26. The van der Waals surface area contributed by atoms with Gasteiger partial charge in [0.1, 0.15) is 0 Å². The summed E-state index contributed by atoms with van der Waals surface area (Å²) >= 11 is 0. The van der Waals surface area contributed by atoms with E-state index in [4.69, 9.17) is 5.73 Å². The third kappa shape index (κ3) is 3.64. The maximum Gasteiger partial charge on any atom is 0.0247 e. The van der Waals surface area contributed by atoms with E-state index in [0.29, 0.717) is 0 Å². The molecule has 1 rings (SSSR count). The van der Waals surface area contributed by atoms with Crippen LogP contribution in [0.5, 0.6) is 0 Å². The van der Waals surface area contributed by atoms with Crippen LogP contribution in [0.15, 0.2) is 24.3 Å². The Balaban J connectivity index is 2.60. The van der Waals surface area contributed by atoms with Gasteiger partial charge in [-0.25, -0.2) is 0 Å². The maximum absolute atomic E-state index is 5.39. The second kappa shape index (κ2) is 6.23. The summed E-state index contributed by atoms with van der Waals surface area (Å²) in [4.78, 5) is 0. The molecule has 0 unspecified atom stereocenters. The molecule has 0 spiro atoms. The fraction of sp³-hybridized carbons (Fsp3) is 0.385. The van der Waals surface area contributed by atoms with Gasteiger partial charge < -0.3 is 5.73 Å². The molecule has 0 aliphatic rings. The van der Waals surface area contributed by atoms with Crippen LogP contribution in [0, 0.1) is 11.8 Å². The Morgan fingerprint density at radius 2 is 2.21 bits per heavy atom. The predicted molar refractivity (Wildman–Crippen MR) is 61.0 cm³/mol. The molecular formula is C13H17N. The first-order valence-corrected chi connectivity index (χ1v) is 5.14. The van der Waals surface area contributed by atoms with Crippen molar-refractivity contribution in [1.29, 1.82) is 0 Å². The topological polar surface area (TPSA) is 26.0 Å². The number of hydrogen-bond donors (Lipinski definition) is 1. The normalized spacial score (nSPS) is 9.29. The second-order valence-electron chi connectivity index (χ2n) is 3.25. The zero-order chi connectivity index (χ0) is 10.2. The lowest BCUT2D eigenvalue weighted by molar-refractivity contribution is 0.870. The third-order valence-electron chi connectivity index (χ3n) is 2.07. The van der Waals surface area contributed by atoms with Crippen LogP contribution in [0.3, 0.4) is 0 Å². The fourth-order valence-corrected chi connectivity index (χ4v) is 1.22. The molecule has 1 aromatic carbocycles. The zero-order valence-electron chi connectivity index (χ0n) is 8.72. The van der Waals surface area contributed by atoms with E-state index in [0.717, 1.165) is 31.4 Å². The van der Waals surface area contributed by atoms with Gasteiger partial charge in [0.15, 0.2) is 0 Å². The van der Waals surface area contributed by atoms with Gasteiger partial charge in [0.05, 0.1) is 0 Å². The van der Waals surface area contributed by atoms with E-state index in [1.165, 1.54) is 5.56 Å². The Kier molecular flexibility index (Phi) is 4.82. The van der Waals surface area contributed by atoms with Crippen LogP contribution in [-0.2, 0) is 6.42 Å². The first-order valence-electron chi connectivity index (χ1n) is 5.14. The molecule has 1 nitrogen and oxygen atoms in total. The minimum Gasteiger partial charge on any atom is -0.330 e. The molecule has 1 aromatic rings. The highest BCUT2D eigenvalue weighted by molar-refractivity contribution is 5.37. The van der Waals surface area contributed by atoms with Gasteiger partial charge in [-0.05, 0) is 37.1 Å². The Morgan fingerprint density at radius 3 is 2.93 bits per heavy atom. The molecule has 0 fully saturated rings. The van der Waals surface area contributed by atoms with Crippen molar-refractivity contribution < 1.29 is 0 Å². The first-order chi connectivity index (χ1) is 6.86. The molecule has 2 N–H and O–H groups in total. The molecule has 0 bridgehead atoms. The van der Waals surface area contributed by atoms with Crippen LogP contribution in [0.1, 0.15) is 30.9 Å². The minimum absolute atomic E-state index is 0.726. The molecular weight excluding hydrogens is 170 g/mol. The second-order valence-corrected chi connectivity index (χ2v) is 3.25. The molecule has 0 aromatic heterocycles. The average molecular weight is 187 g/mol. The standard InChI is InChI=1S/C13H17N/c1-2-12-8-6-9-13(11-12)7-4-3-5-10-14/h6,8-9,11H,2-3,5,10,14H2,1H3. The number of hydrogen-bond acceptors (Lipinski definition) is 1. The lowest BCUT2D eigenvalue weighted by Crippen LogP contribution is -1.96. The van der Waals surface area contributed by atoms with E-state index >= 15 is 0 Å². The minimum atomic E-state index is 0.726. The van der Waals surface area contributed by atoms with Crippen molar-refractivity contribution in [2.45, 2.75) is 26.2 Å². The smallest absolute Gasteiger partial charge is 0.0247 e. The van der Waals surface area contributed by atoms with Crippen molar-refractivity contribution >= 4 is 0 Å². The summed E-state index contributed by atoms with van der Waals surface area (Å²) in [5, 5.41) is 0. The molecule has 0 saturated carbocycles. The van der Waals surface area contributed by atoms with Gasteiger partial charge in [-0.1, -0.05) is 30.9 Å². The van der Waals surface area contributed by atoms with E-state index in [1.54, 1.807) is 0 Å². The molecule has 0 radical (unpaired) electrons. The van der Waals surface area contributed by atoms with Gasteiger partial charge in [-0.15, -0.1) is 0 Å². The summed E-state index contributed by atoms with van der Waals surface area (Å²) in [5.74, 6) is 6.27. The average Bonchev–Trinajstić information content (AvgIpc) is 2.25. The Morgan fingerprint density at radius 1 is 1.36 bits per heavy atom. The SMILES string of the molecule is CCc1cccc(C#CCCCN)c1. The van der Waals surface area contributed by atoms with Crippen molar-refractivity contribution in [1.82, 2.24) is 0 Å². The number of aryl methyl sites for hydroxylation is 1. The van der Waals surface area contributed by atoms with Crippen LogP contribution < -0.4 is 5.73 Å². The van der Waals surface area contributed by atoms with Crippen molar-refractivity contribution in [3.63, 3.8) is 0 Å². The summed E-state index contributed by atoms with van der Waals surface area (Å²) in [6, 6.07) is 8.39. The molecule has 0 atom stereocenters. The van der Waals surface area contributed by atoms with E-state index in [1.807, 2.05) is 0 Å². The molecule has 14 heavy (non-hydrogen) atoms. The molecule has 0 saturated heterocycles. The van der Waals surface area contributed by atoms with Crippen molar-refractivity contribution in [3.8, 4) is 11.8 Å². The number of benzene rings is 1. The molecule has 0 amide bonds. The van der Waals surface area contributed by atoms with Gasteiger partial charge in [0.25, 0.3) is 0 Å². The first kappa shape index (κ1) is 10.8. The largest absolute Gasteiger partial charge is 0.330 e. The van der Waals surface area contributed by atoms with E-state index in [-0.39, 0.29) is 0 Å². The number of nitrogens with two attached hydrogens (primary N) is 1. The lowest BCUT2D eigenvalue weighted by Gasteiger charge is -1.95. The number of unbranched alkanes of at least 4 members (excludes halogenated alkanes) is 1. The van der Waals surface area contributed by atoms with Gasteiger partial charge in [0, 0.05) is 12.0 Å². The highest BCUT2D eigenvalue weighted by Crippen LogP contribution is 2.04. The maximum atomic E-state index is 5.39. The Bertz CT molecular complexity index is 331. The van der Waals surface area contributed by atoms with Crippen LogP contribution in [0.4, 0.5) is 0 Å². The summed E-state index contributed by atoms with van der Waals surface area (Å²) in [6.45, 7) is 2.88. The van der Waals surface area contributed by atoms with Crippen molar-refractivity contribution in [2.75, 3.05) is 6.54 Å². The molecule has 0 heterocycles. The van der Waals surface area contributed by atoms with Crippen LogP contribution in [-0.4, -0.2) is 6.54 Å². The van der Waals surface area contributed by atoms with Crippen LogP contribution in [0.2, 0.25) is 0 Å². The van der Waals surface area contributed by atoms with Gasteiger partial charge >= 0.3 is 0 Å². The summed E-state index contributed by atoms with van der Waals surface area (Å²) < 4.78 is 0. The molecule has 0 aliphatic carbocycles. The van der Waals surface area contributed by atoms with E-state index in [2.05, 4.69) is 43.0 Å². The lowest BCUT2D eigenvalue weighted by atomic mass is 10.1. The molecule has 1 heteroatoms. The van der Waals surface area contributed by atoms with Gasteiger partial charge in [-0.2, -0.15) is 0 Å². The van der Waals surface area contributed by atoms with Crippen LogP contribution >= 0.6 is 0 Å². The Labute approximate surface area is 86.3 Å².